The van der Waals surface area contributed by atoms with Crippen LogP contribution >= 0.6 is 0 Å². The van der Waals surface area contributed by atoms with Crippen LogP contribution in [0.2, 0.25) is 0 Å². The van der Waals surface area contributed by atoms with Gasteiger partial charge in [-0.2, -0.15) is 13.2 Å². The number of benzene rings is 4. The van der Waals surface area contributed by atoms with Crippen molar-refractivity contribution in [2.75, 3.05) is 9.44 Å². The van der Waals surface area contributed by atoms with E-state index in [0.717, 1.165) is 34.9 Å². The largest absolute Gasteiger partial charge is 0.416 e. The molecule has 0 saturated heterocycles. The summed E-state index contributed by atoms with van der Waals surface area (Å²) in [5.41, 5.74) is 4.10. The Bertz CT molecular complexity index is 1890. The SMILES string of the molecule is Cc1cc(NS(=O)(=O)c2cccc(C(F)(F)F)c2)ccc1C(C)(C)C.Cc1cc(NS(=O)(=O)c2ccccc2)ccc1C(C)(C)C. The summed E-state index contributed by atoms with van der Waals surface area (Å²) < 4.78 is 92.7. The Balaban J connectivity index is 0.000000254. The van der Waals surface area contributed by atoms with Crippen molar-refractivity contribution in [1.82, 2.24) is 0 Å². The topological polar surface area (TPSA) is 92.3 Å². The molecule has 0 unspecified atom stereocenters. The maximum atomic E-state index is 12.8. The van der Waals surface area contributed by atoms with Crippen LogP contribution in [0, 0.1) is 13.8 Å². The molecule has 0 fully saturated rings. The highest BCUT2D eigenvalue weighted by atomic mass is 32.2. The fourth-order valence-electron chi connectivity index (χ4n) is 5.00. The van der Waals surface area contributed by atoms with E-state index in [4.69, 9.17) is 0 Å². The highest BCUT2D eigenvalue weighted by Gasteiger charge is 2.31. The van der Waals surface area contributed by atoms with Gasteiger partial charge in [-0.3, -0.25) is 9.44 Å². The summed E-state index contributed by atoms with van der Waals surface area (Å²) >= 11 is 0. The van der Waals surface area contributed by atoms with Crippen molar-refractivity contribution >= 4 is 31.4 Å². The van der Waals surface area contributed by atoms with E-state index in [2.05, 4.69) is 30.2 Å². The van der Waals surface area contributed by atoms with Gasteiger partial charge in [-0.05, 0) is 102 Å². The van der Waals surface area contributed by atoms with Gasteiger partial charge in [0, 0.05) is 11.4 Å². The molecule has 4 rings (SSSR count). The maximum Gasteiger partial charge on any atom is 0.416 e. The fraction of sp³-hybridized carbons (Fsp3) is 0.314. The van der Waals surface area contributed by atoms with Gasteiger partial charge >= 0.3 is 6.18 Å². The number of halogens is 3. The summed E-state index contributed by atoms with van der Waals surface area (Å²) in [5.74, 6) is 0. The first-order valence-corrected chi connectivity index (χ1v) is 17.5. The van der Waals surface area contributed by atoms with Gasteiger partial charge < -0.3 is 0 Å². The molecule has 0 spiro atoms. The van der Waals surface area contributed by atoms with Crippen LogP contribution in [0.4, 0.5) is 24.5 Å². The Kier molecular flexibility index (Phi) is 10.7. The molecule has 6 nitrogen and oxygen atoms in total. The first-order valence-electron chi connectivity index (χ1n) is 14.5. The fourth-order valence-corrected chi connectivity index (χ4v) is 7.17. The quantitative estimate of drug-likeness (QED) is 0.213. The van der Waals surface area contributed by atoms with Crippen LogP contribution < -0.4 is 9.44 Å². The molecular weight excluding hydrogens is 634 g/mol. The van der Waals surface area contributed by atoms with Crippen LogP contribution in [-0.4, -0.2) is 16.8 Å². The van der Waals surface area contributed by atoms with Crippen molar-refractivity contribution in [2.24, 2.45) is 0 Å². The molecule has 0 aliphatic carbocycles. The van der Waals surface area contributed by atoms with Crippen molar-refractivity contribution in [3.63, 3.8) is 0 Å². The van der Waals surface area contributed by atoms with Gasteiger partial charge in [0.15, 0.2) is 0 Å². The zero-order valence-electron chi connectivity index (χ0n) is 27.2. The molecule has 0 aliphatic rings. The van der Waals surface area contributed by atoms with Crippen LogP contribution in [0.15, 0.2) is 101 Å². The molecular formula is C35H41F3N2O4S2. The van der Waals surface area contributed by atoms with Crippen LogP contribution in [0.5, 0.6) is 0 Å². The number of nitrogens with one attached hydrogen (secondary N) is 2. The lowest BCUT2D eigenvalue weighted by Gasteiger charge is -2.22. The highest BCUT2D eigenvalue weighted by molar-refractivity contribution is 7.93. The Morgan fingerprint density at radius 2 is 0.935 bits per heavy atom. The van der Waals surface area contributed by atoms with Crippen molar-refractivity contribution in [3.05, 3.63) is 119 Å². The standard InChI is InChI=1S/C18H20F3NO2S.C17H21NO2S/c1-12-10-14(8-9-16(12)17(2,3)4)22-25(23,24)15-7-5-6-13(11-15)18(19,20)21;1-13-12-14(10-11-16(13)17(2,3)4)18-21(19,20)15-8-6-5-7-9-15/h5-11,22H,1-4H3;5-12,18H,1-4H3. The first-order chi connectivity index (χ1) is 21.0. The number of hydrogen-bond donors (Lipinski definition) is 2. The summed E-state index contributed by atoms with van der Waals surface area (Å²) in [6, 6.07) is 22.8. The van der Waals surface area contributed by atoms with Crippen molar-refractivity contribution < 1.29 is 30.0 Å². The second-order valence-corrected chi connectivity index (χ2v) is 16.5. The Morgan fingerprint density at radius 3 is 1.33 bits per heavy atom. The molecule has 2 N–H and O–H groups in total. The third kappa shape index (κ3) is 9.59. The predicted octanol–water partition coefficient (Wildman–Crippen LogP) is 9.21. The maximum absolute atomic E-state index is 12.8. The Hall–Kier alpha value is -3.83. The minimum absolute atomic E-state index is 0.0426. The van der Waals surface area contributed by atoms with E-state index < -0.39 is 36.7 Å². The summed E-state index contributed by atoms with van der Waals surface area (Å²) in [6.07, 6.45) is -4.60. The molecule has 11 heteroatoms. The number of sulfonamides is 2. The van der Waals surface area contributed by atoms with E-state index in [0.29, 0.717) is 17.4 Å². The van der Waals surface area contributed by atoms with E-state index in [-0.39, 0.29) is 15.7 Å². The lowest BCUT2D eigenvalue weighted by atomic mass is 9.84. The van der Waals surface area contributed by atoms with E-state index in [1.807, 2.05) is 58.9 Å². The molecule has 0 heterocycles. The van der Waals surface area contributed by atoms with Crippen LogP contribution in [-0.2, 0) is 37.1 Å². The van der Waals surface area contributed by atoms with Gasteiger partial charge in [0.1, 0.15) is 0 Å². The van der Waals surface area contributed by atoms with Gasteiger partial charge in [-0.25, -0.2) is 16.8 Å². The molecule has 4 aromatic carbocycles. The van der Waals surface area contributed by atoms with E-state index in [1.165, 1.54) is 5.56 Å². The van der Waals surface area contributed by atoms with Gasteiger partial charge in [-0.1, -0.05) is 77.9 Å². The van der Waals surface area contributed by atoms with Crippen LogP contribution in [0.1, 0.15) is 69.4 Å². The molecule has 0 aromatic heterocycles. The zero-order valence-corrected chi connectivity index (χ0v) is 28.9. The second kappa shape index (κ2) is 13.5. The average molecular weight is 675 g/mol. The molecule has 0 atom stereocenters. The van der Waals surface area contributed by atoms with Gasteiger partial charge in [0.05, 0.1) is 15.4 Å². The third-order valence-electron chi connectivity index (χ3n) is 7.10. The Labute approximate surface area is 271 Å². The van der Waals surface area contributed by atoms with E-state index >= 15 is 0 Å². The lowest BCUT2D eigenvalue weighted by Crippen LogP contribution is -2.16. The number of rotatable bonds is 6. The summed E-state index contributed by atoms with van der Waals surface area (Å²) in [5, 5.41) is 0. The number of hydrogen-bond acceptors (Lipinski definition) is 4. The van der Waals surface area contributed by atoms with Crippen LogP contribution in [0.3, 0.4) is 0 Å². The number of alkyl halides is 3. The smallest absolute Gasteiger partial charge is 0.280 e. The van der Waals surface area contributed by atoms with Crippen molar-refractivity contribution in [1.29, 1.82) is 0 Å². The predicted molar refractivity (Wildman–Crippen MR) is 179 cm³/mol. The summed E-state index contributed by atoms with van der Waals surface area (Å²) in [7, 11) is -7.64. The highest BCUT2D eigenvalue weighted by Crippen LogP contribution is 2.32. The van der Waals surface area contributed by atoms with Gasteiger partial charge in [0.25, 0.3) is 20.0 Å². The normalized spacial score (nSPS) is 12.6. The molecule has 0 bridgehead atoms. The van der Waals surface area contributed by atoms with Crippen molar-refractivity contribution in [3.8, 4) is 0 Å². The lowest BCUT2D eigenvalue weighted by molar-refractivity contribution is -0.137. The monoisotopic (exact) mass is 674 g/mol. The van der Waals surface area contributed by atoms with Crippen molar-refractivity contribution in [2.45, 2.75) is 82.2 Å². The first kappa shape index (κ1) is 36.6. The summed E-state index contributed by atoms with van der Waals surface area (Å²) in [4.78, 5) is -0.164. The van der Waals surface area contributed by atoms with Crippen LogP contribution in [0.25, 0.3) is 0 Å². The molecule has 248 valence electrons. The average Bonchev–Trinajstić information content (AvgIpc) is 2.92. The molecule has 46 heavy (non-hydrogen) atoms. The molecule has 4 aromatic rings. The number of anilines is 2. The minimum Gasteiger partial charge on any atom is -0.280 e. The molecule has 0 aliphatic heterocycles. The molecule has 0 saturated carbocycles. The molecule has 0 amide bonds. The van der Waals surface area contributed by atoms with E-state index in [1.54, 1.807) is 42.5 Å². The second-order valence-electron chi connectivity index (χ2n) is 13.1. The zero-order chi connectivity index (χ0) is 34.7. The molecule has 0 radical (unpaired) electrons. The van der Waals surface area contributed by atoms with E-state index in [9.17, 15) is 30.0 Å². The van der Waals surface area contributed by atoms with Gasteiger partial charge in [0.2, 0.25) is 0 Å². The summed E-state index contributed by atoms with van der Waals surface area (Å²) in [6.45, 7) is 16.4. The Morgan fingerprint density at radius 1 is 0.522 bits per heavy atom. The number of aryl methyl sites for hydroxylation is 2. The van der Waals surface area contributed by atoms with Gasteiger partial charge in [-0.15, -0.1) is 0 Å². The third-order valence-corrected chi connectivity index (χ3v) is 9.87. The minimum atomic E-state index is -4.60.